The number of ether oxygens (including phenoxy) is 1. The summed E-state index contributed by atoms with van der Waals surface area (Å²) in [5.41, 5.74) is 1.17. The quantitative estimate of drug-likeness (QED) is 0.761. The molecule has 1 aromatic carbocycles. The van der Waals surface area contributed by atoms with Crippen LogP contribution in [0.2, 0.25) is 0 Å². The molecule has 0 N–H and O–H groups in total. The summed E-state index contributed by atoms with van der Waals surface area (Å²) >= 11 is 0. The first kappa shape index (κ1) is 11.0. The van der Waals surface area contributed by atoms with Crippen LogP contribution in [0.15, 0.2) is 24.3 Å². The topological polar surface area (TPSA) is 29.5 Å². The number of hydrogen-bond donors (Lipinski definition) is 0. The van der Waals surface area contributed by atoms with Crippen LogP contribution in [-0.2, 0) is 4.79 Å². The van der Waals surface area contributed by atoms with Gasteiger partial charge in [0.1, 0.15) is 5.75 Å². The van der Waals surface area contributed by atoms with Crippen LogP contribution in [0.3, 0.4) is 0 Å². The standard InChI is InChI=1S/C13H17NO2/c1-14(2)13(15)9-10-7-8-16-12-6-4-3-5-11(10)12/h3-6,10H,7-9H2,1-2H3/t10-/m0/s1. The molecule has 3 heteroatoms. The van der Waals surface area contributed by atoms with Crippen molar-refractivity contribution in [1.29, 1.82) is 0 Å². The average Bonchev–Trinajstić information content (AvgIpc) is 2.29. The van der Waals surface area contributed by atoms with E-state index in [0.717, 1.165) is 12.2 Å². The highest BCUT2D eigenvalue weighted by Gasteiger charge is 2.23. The van der Waals surface area contributed by atoms with Crippen molar-refractivity contribution in [3.8, 4) is 5.75 Å². The van der Waals surface area contributed by atoms with Gasteiger partial charge in [-0.1, -0.05) is 18.2 Å². The summed E-state index contributed by atoms with van der Waals surface area (Å²) < 4.78 is 5.57. The first-order valence-corrected chi connectivity index (χ1v) is 5.60. The largest absolute Gasteiger partial charge is 0.493 e. The molecule has 1 atom stereocenters. The van der Waals surface area contributed by atoms with Crippen LogP contribution >= 0.6 is 0 Å². The van der Waals surface area contributed by atoms with E-state index >= 15 is 0 Å². The first-order valence-electron chi connectivity index (χ1n) is 5.60. The van der Waals surface area contributed by atoms with Gasteiger partial charge < -0.3 is 9.64 Å². The van der Waals surface area contributed by atoms with Crippen LogP contribution < -0.4 is 4.74 Å². The van der Waals surface area contributed by atoms with Gasteiger partial charge >= 0.3 is 0 Å². The van der Waals surface area contributed by atoms with Crippen molar-refractivity contribution in [3.05, 3.63) is 29.8 Å². The normalized spacial score (nSPS) is 18.5. The van der Waals surface area contributed by atoms with E-state index in [0.29, 0.717) is 18.9 Å². The number of rotatable bonds is 2. The van der Waals surface area contributed by atoms with Crippen LogP contribution in [0.25, 0.3) is 0 Å². The van der Waals surface area contributed by atoms with Crippen LogP contribution in [0.5, 0.6) is 5.75 Å². The van der Waals surface area contributed by atoms with E-state index < -0.39 is 0 Å². The second-order valence-corrected chi connectivity index (χ2v) is 4.36. The van der Waals surface area contributed by atoms with E-state index in [1.807, 2.05) is 18.2 Å². The minimum atomic E-state index is 0.182. The Morgan fingerprint density at radius 2 is 2.19 bits per heavy atom. The second-order valence-electron chi connectivity index (χ2n) is 4.36. The molecule has 1 aliphatic rings. The Balaban J connectivity index is 2.16. The van der Waals surface area contributed by atoms with E-state index in [-0.39, 0.29) is 5.91 Å². The van der Waals surface area contributed by atoms with Crippen LogP contribution in [-0.4, -0.2) is 31.5 Å². The molecule has 1 heterocycles. The molecule has 2 rings (SSSR count). The zero-order valence-electron chi connectivity index (χ0n) is 9.77. The number of amides is 1. The number of para-hydroxylation sites is 1. The van der Waals surface area contributed by atoms with Crippen molar-refractivity contribution in [2.45, 2.75) is 18.8 Å². The van der Waals surface area contributed by atoms with Gasteiger partial charge in [-0.15, -0.1) is 0 Å². The molecule has 0 aliphatic carbocycles. The summed E-state index contributed by atoms with van der Waals surface area (Å²) in [6.45, 7) is 0.711. The third-order valence-electron chi connectivity index (χ3n) is 3.00. The van der Waals surface area contributed by atoms with E-state index in [2.05, 4.69) is 6.07 Å². The van der Waals surface area contributed by atoms with Gasteiger partial charge in [-0.05, 0) is 24.0 Å². The van der Waals surface area contributed by atoms with Crippen LogP contribution in [0.1, 0.15) is 24.3 Å². The minimum Gasteiger partial charge on any atom is -0.493 e. The zero-order chi connectivity index (χ0) is 11.5. The number of carbonyl (C=O) groups excluding carboxylic acids is 1. The predicted octanol–water partition coefficient (Wildman–Crippen LogP) is 2.03. The Morgan fingerprint density at radius 1 is 1.44 bits per heavy atom. The zero-order valence-corrected chi connectivity index (χ0v) is 9.77. The Morgan fingerprint density at radius 3 is 2.94 bits per heavy atom. The summed E-state index contributed by atoms with van der Waals surface area (Å²) in [4.78, 5) is 13.4. The van der Waals surface area contributed by atoms with Crippen LogP contribution in [0.4, 0.5) is 0 Å². The van der Waals surface area contributed by atoms with Crippen molar-refractivity contribution >= 4 is 5.91 Å². The van der Waals surface area contributed by atoms with E-state index in [1.54, 1.807) is 19.0 Å². The van der Waals surface area contributed by atoms with Gasteiger partial charge in [-0.25, -0.2) is 0 Å². The Bertz CT molecular complexity index is 387. The highest BCUT2D eigenvalue weighted by atomic mass is 16.5. The average molecular weight is 219 g/mol. The molecule has 86 valence electrons. The lowest BCUT2D eigenvalue weighted by Gasteiger charge is -2.26. The maximum atomic E-state index is 11.7. The molecule has 16 heavy (non-hydrogen) atoms. The fourth-order valence-electron chi connectivity index (χ4n) is 2.02. The van der Waals surface area contributed by atoms with Crippen molar-refractivity contribution < 1.29 is 9.53 Å². The molecule has 0 saturated carbocycles. The summed E-state index contributed by atoms with van der Waals surface area (Å²) in [5.74, 6) is 1.42. The maximum Gasteiger partial charge on any atom is 0.222 e. The smallest absolute Gasteiger partial charge is 0.222 e. The lowest BCUT2D eigenvalue weighted by atomic mass is 9.90. The Kier molecular flexibility index (Phi) is 3.13. The summed E-state index contributed by atoms with van der Waals surface area (Å²) in [6, 6.07) is 8.00. The molecule has 1 aliphatic heterocycles. The highest BCUT2D eigenvalue weighted by Crippen LogP contribution is 2.35. The molecular formula is C13H17NO2. The van der Waals surface area contributed by atoms with E-state index in [9.17, 15) is 4.79 Å². The molecule has 1 amide bonds. The third-order valence-corrected chi connectivity index (χ3v) is 3.00. The van der Waals surface area contributed by atoms with Gasteiger partial charge in [0.2, 0.25) is 5.91 Å². The lowest BCUT2D eigenvalue weighted by Crippen LogP contribution is -2.25. The molecule has 0 spiro atoms. The number of nitrogens with zero attached hydrogens (tertiary/aromatic N) is 1. The molecule has 0 aromatic heterocycles. The van der Waals surface area contributed by atoms with Gasteiger partial charge in [0.05, 0.1) is 6.61 Å². The Labute approximate surface area is 96.0 Å². The fraction of sp³-hybridized carbons (Fsp3) is 0.462. The predicted molar refractivity (Wildman–Crippen MR) is 62.6 cm³/mol. The van der Waals surface area contributed by atoms with Crippen molar-refractivity contribution in [2.75, 3.05) is 20.7 Å². The molecule has 3 nitrogen and oxygen atoms in total. The Hall–Kier alpha value is -1.51. The van der Waals surface area contributed by atoms with Gasteiger partial charge in [0, 0.05) is 20.5 Å². The van der Waals surface area contributed by atoms with Gasteiger partial charge in [-0.3, -0.25) is 4.79 Å². The van der Waals surface area contributed by atoms with Gasteiger partial charge in [0.25, 0.3) is 0 Å². The lowest BCUT2D eigenvalue weighted by molar-refractivity contribution is -0.129. The molecule has 0 saturated heterocycles. The number of carbonyl (C=O) groups is 1. The number of hydrogen-bond acceptors (Lipinski definition) is 2. The highest BCUT2D eigenvalue weighted by molar-refractivity contribution is 5.76. The molecule has 0 bridgehead atoms. The molecular weight excluding hydrogens is 202 g/mol. The number of benzene rings is 1. The maximum absolute atomic E-state index is 11.7. The fourth-order valence-corrected chi connectivity index (χ4v) is 2.02. The third kappa shape index (κ3) is 2.18. The summed E-state index contributed by atoms with van der Waals surface area (Å²) in [7, 11) is 3.60. The van der Waals surface area contributed by atoms with Crippen LogP contribution in [0, 0.1) is 0 Å². The molecule has 0 fully saturated rings. The second kappa shape index (κ2) is 4.56. The molecule has 0 radical (unpaired) electrons. The van der Waals surface area contributed by atoms with E-state index in [4.69, 9.17) is 4.74 Å². The number of fused-ring (bicyclic) bond motifs is 1. The monoisotopic (exact) mass is 219 g/mol. The van der Waals surface area contributed by atoms with Gasteiger partial charge in [-0.2, -0.15) is 0 Å². The summed E-state index contributed by atoms with van der Waals surface area (Å²) in [6.07, 6.45) is 1.50. The van der Waals surface area contributed by atoms with Crippen molar-refractivity contribution in [2.24, 2.45) is 0 Å². The molecule has 0 unspecified atom stereocenters. The van der Waals surface area contributed by atoms with Crippen molar-refractivity contribution in [3.63, 3.8) is 0 Å². The van der Waals surface area contributed by atoms with Gasteiger partial charge in [0.15, 0.2) is 0 Å². The minimum absolute atomic E-state index is 0.182. The SMILES string of the molecule is CN(C)C(=O)C[C@@H]1CCOc2ccccc21. The van der Waals surface area contributed by atoms with E-state index in [1.165, 1.54) is 5.56 Å². The molecule has 1 aromatic rings. The van der Waals surface area contributed by atoms with Crippen molar-refractivity contribution in [1.82, 2.24) is 4.90 Å². The summed E-state index contributed by atoms with van der Waals surface area (Å²) in [5, 5.41) is 0. The first-order chi connectivity index (χ1) is 7.68.